The molecule has 0 aromatic heterocycles. The van der Waals surface area contributed by atoms with Gasteiger partial charge in [-0.15, -0.1) is 0 Å². The molecule has 1 aromatic rings. The van der Waals surface area contributed by atoms with Crippen LogP contribution in [0.4, 0.5) is 0 Å². The Balaban J connectivity index is 1.80. The van der Waals surface area contributed by atoms with Gasteiger partial charge in [0.2, 0.25) is 0 Å². The van der Waals surface area contributed by atoms with Crippen molar-refractivity contribution < 1.29 is 9.94 Å². The van der Waals surface area contributed by atoms with Crippen LogP contribution in [0.25, 0.3) is 0 Å². The van der Waals surface area contributed by atoms with Gasteiger partial charge in [0, 0.05) is 25.3 Å². The second-order valence-electron chi connectivity index (χ2n) is 4.59. The van der Waals surface area contributed by atoms with Crippen molar-refractivity contribution in [3.05, 3.63) is 35.4 Å². The predicted octanol–water partition coefficient (Wildman–Crippen LogP) is 1.05. The molecule has 0 amide bonds. The molecule has 1 aliphatic rings. The zero-order valence-electron chi connectivity index (χ0n) is 10.5. The third kappa shape index (κ3) is 3.00. The van der Waals surface area contributed by atoms with E-state index in [0.29, 0.717) is 12.1 Å². The Kier molecular flexibility index (Phi) is 4.17. The van der Waals surface area contributed by atoms with E-state index < -0.39 is 0 Å². The molecule has 1 aromatic carbocycles. The van der Waals surface area contributed by atoms with Gasteiger partial charge < -0.3 is 21.0 Å². The molecule has 0 unspecified atom stereocenters. The fraction of sp³-hybridized carbons (Fsp3) is 0.462. The lowest BCUT2D eigenvalue weighted by molar-refractivity contribution is 0.0170. The summed E-state index contributed by atoms with van der Waals surface area (Å²) in [7, 11) is 1.76. The number of nitrogens with zero attached hydrogens (tertiary/aromatic N) is 1. The van der Waals surface area contributed by atoms with Crippen molar-refractivity contribution in [1.82, 2.24) is 5.32 Å². The van der Waals surface area contributed by atoms with Crippen molar-refractivity contribution >= 4 is 5.84 Å². The van der Waals surface area contributed by atoms with Gasteiger partial charge in [0.15, 0.2) is 5.84 Å². The molecule has 5 nitrogen and oxygen atoms in total. The van der Waals surface area contributed by atoms with E-state index in [9.17, 15) is 0 Å². The third-order valence-corrected chi connectivity index (χ3v) is 3.38. The Bertz CT molecular complexity index is 411. The lowest BCUT2D eigenvalue weighted by atomic mass is 9.89. The molecule has 0 spiro atoms. The summed E-state index contributed by atoms with van der Waals surface area (Å²) >= 11 is 0. The molecule has 1 fully saturated rings. The highest BCUT2D eigenvalue weighted by atomic mass is 16.5. The van der Waals surface area contributed by atoms with Crippen molar-refractivity contribution in [1.29, 1.82) is 0 Å². The number of hydrogen-bond donors (Lipinski definition) is 3. The number of nitrogens with two attached hydrogens (primary N) is 1. The average molecular weight is 249 g/mol. The maximum absolute atomic E-state index is 8.56. The fourth-order valence-electron chi connectivity index (χ4n) is 2.04. The quantitative estimate of drug-likeness (QED) is 0.315. The molecule has 18 heavy (non-hydrogen) atoms. The van der Waals surface area contributed by atoms with Crippen LogP contribution in [0.5, 0.6) is 0 Å². The zero-order valence-corrected chi connectivity index (χ0v) is 10.5. The zero-order chi connectivity index (χ0) is 13.0. The Labute approximate surface area is 107 Å². The molecular weight excluding hydrogens is 230 g/mol. The maximum atomic E-state index is 8.56. The number of benzene rings is 1. The first-order valence-electron chi connectivity index (χ1n) is 6.06. The number of oxime groups is 1. The average Bonchev–Trinajstić information content (AvgIpc) is 2.37. The number of amidine groups is 1. The largest absolute Gasteiger partial charge is 0.409 e. The number of hydrogen-bond acceptors (Lipinski definition) is 4. The Morgan fingerprint density at radius 3 is 2.67 bits per heavy atom. The minimum Gasteiger partial charge on any atom is -0.409 e. The van der Waals surface area contributed by atoms with Crippen LogP contribution in [0.2, 0.25) is 0 Å². The van der Waals surface area contributed by atoms with E-state index in [0.717, 1.165) is 24.9 Å². The smallest absolute Gasteiger partial charge is 0.170 e. The van der Waals surface area contributed by atoms with Crippen molar-refractivity contribution in [2.45, 2.75) is 31.5 Å². The van der Waals surface area contributed by atoms with Crippen LogP contribution in [-0.2, 0) is 11.3 Å². The summed E-state index contributed by atoms with van der Waals surface area (Å²) in [4.78, 5) is 0. The first-order chi connectivity index (χ1) is 8.72. The summed E-state index contributed by atoms with van der Waals surface area (Å²) in [6.45, 7) is 0.831. The lowest BCUT2D eigenvalue weighted by Crippen LogP contribution is -2.44. The van der Waals surface area contributed by atoms with Gasteiger partial charge in [0.25, 0.3) is 0 Å². The first-order valence-corrected chi connectivity index (χ1v) is 6.06. The number of ether oxygens (including phenoxy) is 1. The summed E-state index contributed by atoms with van der Waals surface area (Å²) in [6.07, 6.45) is 2.59. The second-order valence-corrected chi connectivity index (χ2v) is 4.59. The van der Waals surface area contributed by atoms with Crippen LogP contribution in [0, 0.1) is 0 Å². The topological polar surface area (TPSA) is 79.9 Å². The van der Waals surface area contributed by atoms with Crippen LogP contribution < -0.4 is 11.1 Å². The van der Waals surface area contributed by atoms with Gasteiger partial charge in [-0.2, -0.15) is 0 Å². The highest BCUT2D eigenvalue weighted by molar-refractivity contribution is 5.96. The van der Waals surface area contributed by atoms with E-state index >= 15 is 0 Å². The van der Waals surface area contributed by atoms with Gasteiger partial charge in [-0.05, 0) is 18.4 Å². The van der Waals surface area contributed by atoms with Crippen molar-refractivity contribution in [2.24, 2.45) is 10.9 Å². The number of nitrogens with one attached hydrogen (secondary N) is 1. The van der Waals surface area contributed by atoms with Gasteiger partial charge in [-0.25, -0.2) is 0 Å². The molecule has 5 heteroatoms. The van der Waals surface area contributed by atoms with Crippen molar-refractivity contribution in [3.8, 4) is 0 Å². The summed E-state index contributed by atoms with van der Waals surface area (Å²) in [5.74, 6) is 0.136. The minimum absolute atomic E-state index is 0.136. The summed E-state index contributed by atoms with van der Waals surface area (Å²) in [6, 6.07) is 8.22. The normalized spacial score (nSPS) is 23.7. The molecule has 0 atom stereocenters. The highest BCUT2D eigenvalue weighted by Crippen LogP contribution is 2.22. The molecule has 0 saturated heterocycles. The first kappa shape index (κ1) is 12.9. The van der Waals surface area contributed by atoms with Crippen molar-refractivity contribution in [3.63, 3.8) is 0 Å². The number of rotatable bonds is 5. The van der Waals surface area contributed by atoms with E-state index in [1.54, 1.807) is 7.11 Å². The maximum Gasteiger partial charge on any atom is 0.170 e. The van der Waals surface area contributed by atoms with Crippen molar-refractivity contribution in [2.75, 3.05) is 7.11 Å². The Morgan fingerprint density at radius 2 is 2.11 bits per heavy atom. The van der Waals surface area contributed by atoms with Crippen LogP contribution in [0.1, 0.15) is 24.0 Å². The molecule has 2 rings (SSSR count). The van der Waals surface area contributed by atoms with Gasteiger partial charge >= 0.3 is 0 Å². The summed E-state index contributed by atoms with van der Waals surface area (Å²) < 4.78 is 5.23. The van der Waals surface area contributed by atoms with E-state index in [4.69, 9.17) is 15.7 Å². The Hall–Kier alpha value is -1.59. The standard InChI is InChI=1S/C13H19N3O2/c1-18-12-6-11(7-12)15-8-9-2-4-10(5-3-9)13(14)16-17/h2-5,11-12,15,17H,6-8H2,1H3,(H2,14,16). The molecule has 0 bridgehead atoms. The number of methoxy groups -OCH3 is 1. The van der Waals surface area contributed by atoms with E-state index in [1.165, 1.54) is 5.56 Å². The van der Waals surface area contributed by atoms with E-state index in [2.05, 4.69) is 10.5 Å². The van der Waals surface area contributed by atoms with Gasteiger partial charge in [0.1, 0.15) is 0 Å². The van der Waals surface area contributed by atoms with Gasteiger partial charge in [-0.3, -0.25) is 0 Å². The van der Waals surface area contributed by atoms with E-state index in [1.807, 2.05) is 24.3 Å². The molecule has 0 radical (unpaired) electrons. The molecule has 0 aliphatic heterocycles. The molecule has 1 saturated carbocycles. The van der Waals surface area contributed by atoms with Crippen LogP contribution in [-0.4, -0.2) is 30.3 Å². The molecule has 0 heterocycles. The molecule has 4 N–H and O–H groups in total. The summed E-state index contributed by atoms with van der Waals surface area (Å²) in [5.41, 5.74) is 7.41. The summed E-state index contributed by atoms with van der Waals surface area (Å²) in [5, 5.41) is 15.0. The van der Waals surface area contributed by atoms with Crippen LogP contribution in [0.3, 0.4) is 0 Å². The Morgan fingerprint density at radius 1 is 1.44 bits per heavy atom. The molecule has 1 aliphatic carbocycles. The predicted molar refractivity (Wildman–Crippen MR) is 69.6 cm³/mol. The van der Waals surface area contributed by atoms with Crippen LogP contribution >= 0.6 is 0 Å². The van der Waals surface area contributed by atoms with Gasteiger partial charge in [0.05, 0.1) is 6.10 Å². The second kappa shape index (κ2) is 5.84. The van der Waals surface area contributed by atoms with E-state index in [-0.39, 0.29) is 5.84 Å². The molecular formula is C13H19N3O2. The van der Waals surface area contributed by atoms with Gasteiger partial charge in [-0.1, -0.05) is 29.4 Å². The minimum atomic E-state index is 0.136. The van der Waals surface area contributed by atoms with Crippen LogP contribution in [0.15, 0.2) is 29.4 Å². The lowest BCUT2D eigenvalue weighted by Gasteiger charge is -2.34. The highest BCUT2D eigenvalue weighted by Gasteiger charge is 2.28. The fourth-order valence-corrected chi connectivity index (χ4v) is 2.04. The monoisotopic (exact) mass is 249 g/mol. The molecule has 98 valence electrons. The third-order valence-electron chi connectivity index (χ3n) is 3.38. The SMILES string of the molecule is COC1CC(NCc2ccc(/C(N)=N/O)cc2)C1.